The summed E-state index contributed by atoms with van der Waals surface area (Å²) in [5.41, 5.74) is 0.565. The molecular formula is C19H18F4N2O2. The second kappa shape index (κ2) is 7.54. The Balaban J connectivity index is 1.83. The van der Waals surface area contributed by atoms with Crippen LogP contribution < -0.4 is 10.1 Å². The fourth-order valence-corrected chi connectivity index (χ4v) is 3.11. The van der Waals surface area contributed by atoms with Crippen molar-refractivity contribution in [2.45, 2.75) is 37.6 Å². The third-order valence-corrected chi connectivity index (χ3v) is 4.53. The lowest BCUT2D eigenvalue weighted by molar-refractivity contribution is -0.0399. The predicted molar refractivity (Wildman–Crippen MR) is 90.8 cm³/mol. The van der Waals surface area contributed by atoms with E-state index in [2.05, 4.69) is 10.3 Å². The number of methoxy groups -OCH3 is 1. The molecule has 1 saturated carbocycles. The molecule has 0 radical (unpaired) electrons. The zero-order chi connectivity index (χ0) is 19.6. The number of nitrogens with one attached hydrogen (secondary N) is 1. The minimum absolute atomic E-state index is 0.105. The summed E-state index contributed by atoms with van der Waals surface area (Å²) in [6.07, 6.45) is 1.10. The molecule has 1 aliphatic rings. The number of carbonyl (C=O) groups is 1. The number of aromatic nitrogens is 1. The van der Waals surface area contributed by atoms with Crippen LogP contribution >= 0.6 is 0 Å². The van der Waals surface area contributed by atoms with Crippen LogP contribution in [0.3, 0.4) is 0 Å². The summed E-state index contributed by atoms with van der Waals surface area (Å²) in [5.74, 6) is -4.61. The van der Waals surface area contributed by atoms with Gasteiger partial charge in [0.1, 0.15) is 11.6 Å². The Morgan fingerprint density at radius 1 is 1.15 bits per heavy atom. The number of rotatable bonds is 4. The second-order valence-corrected chi connectivity index (χ2v) is 6.54. The fourth-order valence-electron chi connectivity index (χ4n) is 3.11. The molecule has 1 amide bonds. The van der Waals surface area contributed by atoms with Crippen LogP contribution in [0.2, 0.25) is 0 Å². The fraction of sp³-hybridized carbons (Fsp3) is 0.368. The molecule has 1 fully saturated rings. The van der Waals surface area contributed by atoms with Gasteiger partial charge in [0.15, 0.2) is 0 Å². The zero-order valence-electron chi connectivity index (χ0n) is 14.6. The van der Waals surface area contributed by atoms with E-state index in [0.717, 1.165) is 18.2 Å². The quantitative estimate of drug-likeness (QED) is 0.801. The Bertz CT molecular complexity index is 827. The van der Waals surface area contributed by atoms with Gasteiger partial charge in [0.25, 0.3) is 5.91 Å². The molecule has 0 saturated heterocycles. The number of nitrogens with zero attached hydrogens (tertiary/aromatic N) is 1. The Kier molecular flexibility index (Phi) is 5.34. The normalized spacial score (nSPS) is 16.8. The molecule has 1 aromatic carbocycles. The van der Waals surface area contributed by atoms with Crippen LogP contribution in [0.1, 0.15) is 36.0 Å². The molecule has 3 rings (SSSR count). The highest BCUT2D eigenvalue weighted by Crippen LogP contribution is 2.33. The number of hydrogen-bond acceptors (Lipinski definition) is 3. The van der Waals surface area contributed by atoms with Crippen molar-refractivity contribution in [1.29, 1.82) is 0 Å². The van der Waals surface area contributed by atoms with Crippen molar-refractivity contribution in [1.82, 2.24) is 10.3 Å². The van der Waals surface area contributed by atoms with E-state index < -0.39 is 23.5 Å². The molecule has 1 aromatic heterocycles. The van der Waals surface area contributed by atoms with E-state index >= 15 is 0 Å². The number of carbonyl (C=O) groups excluding carboxylic acids is 1. The van der Waals surface area contributed by atoms with Crippen molar-refractivity contribution in [3.05, 3.63) is 47.7 Å². The van der Waals surface area contributed by atoms with Gasteiger partial charge in [-0.25, -0.2) is 22.5 Å². The van der Waals surface area contributed by atoms with Gasteiger partial charge in [-0.15, -0.1) is 0 Å². The highest BCUT2D eigenvalue weighted by Gasteiger charge is 2.35. The maximum atomic E-state index is 13.5. The van der Waals surface area contributed by atoms with Gasteiger partial charge in [-0.1, -0.05) is 0 Å². The van der Waals surface area contributed by atoms with Crippen LogP contribution in [0.5, 0.6) is 5.88 Å². The van der Waals surface area contributed by atoms with Gasteiger partial charge in [-0.3, -0.25) is 4.79 Å². The molecule has 0 atom stereocenters. The first-order valence-corrected chi connectivity index (χ1v) is 8.46. The van der Waals surface area contributed by atoms with Crippen molar-refractivity contribution in [2.75, 3.05) is 7.11 Å². The Morgan fingerprint density at radius 3 is 2.37 bits per heavy atom. The standard InChI is InChI=1S/C19H18F4N2O2/c1-27-18-16(11-6-13(20)9-14(21)7-11)8-12(10-24-18)17(26)25-15-2-4-19(22,23)5-3-15/h6-10,15H,2-5H2,1H3,(H,25,26). The highest BCUT2D eigenvalue weighted by atomic mass is 19.3. The van der Waals surface area contributed by atoms with Crippen LogP contribution in [0, 0.1) is 11.6 Å². The predicted octanol–water partition coefficient (Wildman–Crippen LogP) is 4.34. The lowest BCUT2D eigenvalue weighted by Crippen LogP contribution is -2.40. The van der Waals surface area contributed by atoms with Gasteiger partial charge < -0.3 is 10.1 Å². The van der Waals surface area contributed by atoms with E-state index in [-0.39, 0.29) is 54.3 Å². The Hall–Kier alpha value is -2.64. The first-order valence-electron chi connectivity index (χ1n) is 8.46. The summed E-state index contributed by atoms with van der Waals surface area (Å²) in [6, 6.07) is 4.00. The van der Waals surface area contributed by atoms with E-state index in [1.807, 2.05) is 0 Å². The Morgan fingerprint density at radius 2 is 1.78 bits per heavy atom. The van der Waals surface area contributed by atoms with Crippen molar-refractivity contribution < 1.29 is 27.1 Å². The molecule has 27 heavy (non-hydrogen) atoms. The molecule has 4 nitrogen and oxygen atoms in total. The van der Waals surface area contributed by atoms with Gasteiger partial charge in [-0.05, 0) is 36.6 Å². The summed E-state index contributed by atoms with van der Waals surface area (Å²) in [5, 5.41) is 2.71. The van der Waals surface area contributed by atoms with Crippen molar-refractivity contribution in [2.24, 2.45) is 0 Å². The van der Waals surface area contributed by atoms with Gasteiger partial charge in [0, 0.05) is 36.7 Å². The average Bonchev–Trinajstić information content (AvgIpc) is 2.62. The monoisotopic (exact) mass is 382 g/mol. The first-order chi connectivity index (χ1) is 12.8. The van der Waals surface area contributed by atoms with Gasteiger partial charge in [-0.2, -0.15) is 0 Å². The van der Waals surface area contributed by atoms with Crippen LogP contribution in [-0.2, 0) is 0 Å². The molecule has 8 heteroatoms. The SMILES string of the molecule is COc1ncc(C(=O)NC2CCC(F)(F)CC2)cc1-c1cc(F)cc(F)c1. The molecule has 0 aliphatic heterocycles. The number of hydrogen-bond donors (Lipinski definition) is 1. The maximum absolute atomic E-state index is 13.5. The van der Waals surface area contributed by atoms with E-state index in [9.17, 15) is 22.4 Å². The zero-order valence-corrected chi connectivity index (χ0v) is 14.6. The number of ether oxygens (including phenoxy) is 1. The minimum atomic E-state index is -2.68. The third-order valence-electron chi connectivity index (χ3n) is 4.53. The van der Waals surface area contributed by atoms with E-state index in [1.165, 1.54) is 19.4 Å². The average molecular weight is 382 g/mol. The molecule has 0 bridgehead atoms. The van der Waals surface area contributed by atoms with E-state index in [0.29, 0.717) is 0 Å². The van der Waals surface area contributed by atoms with Crippen LogP contribution in [0.25, 0.3) is 11.1 Å². The molecule has 1 aliphatic carbocycles. The molecular weight excluding hydrogens is 364 g/mol. The van der Waals surface area contributed by atoms with Gasteiger partial charge in [0.2, 0.25) is 11.8 Å². The molecule has 0 unspecified atom stereocenters. The van der Waals surface area contributed by atoms with Gasteiger partial charge >= 0.3 is 0 Å². The summed E-state index contributed by atoms with van der Waals surface area (Å²) < 4.78 is 58.7. The summed E-state index contributed by atoms with van der Waals surface area (Å²) in [6.45, 7) is 0. The van der Waals surface area contributed by atoms with Crippen molar-refractivity contribution in [3.63, 3.8) is 0 Å². The van der Waals surface area contributed by atoms with Crippen LogP contribution in [-0.4, -0.2) is 30.0 Å². The largest absolute Gasteiger partial charge is 0.481 e. The topological polar surface area (TPSA) is 51.2 Å². The number of pyridine rings is 1. The number of halogens is 4. The molecule has 0 spiro atoms. The smallest absolute Gasteiger partial charge is 0.253 e. The van der Waals surface area contributed by atoms with Gasteiger partial charge in [0.05, 0.1) is 12.7 Å². The molecule has 144 valence electrons. The lowest BCUT2D eigenvalue weighted by atomic mass is 9.92. The maximum Gasteiger partial charge on any atom is 0.253 e. The molecule has 2 aromatic rings. The third kappa shape index (κ3) is 4.56. The summed E-state index contributed by atoms with van der Waals surface area (Å²) >= 11 is 0. The molecule has 1 heterocycles. The lowest BCUT2D eigenvalue weighted by Gasteiger charge is -2.28. The van der Waals surface area contributed by atoms with Crippen molar-refractivity contribution >= 4 is 5.91 Å². The number of benzene rings is 1. The van der Waals surface area contributed by atoms with Crippen molar-refractivity contribution in [3.8, 4) is 17.0 Å². The number of alkyl halides is 2. The van der Waals surface area contributed by atoms with E-state index in [1.54, 1.807) is 0 Å². The van der Waals surface area contributed by atoms with Crippen LogP contribution in [0.15, 0.2) is 30.5 Å². The van der Waals surface area contributed by atoms with E-state index in [4.69, 9.17) is 4.74 Å². The summed E-state index contributed by atoms with van der Waals surface area (Å²) in [4.78, 5) is 16.5. The molecule has 1 N–H and O–H groups in total. The summed E-state index contributed by atoms with van der Waals surface area (Å²) in [7, 11) is 1.35. The Labute approximate surface area is 153 Å². The number of amides is 1. The highest BCUT2D eigenvalue weighted by molar-refractivity contribution is 5.95. The van der Waals surface area contributed by atoms with Crippen LogP contribution in [0.4, 0.5) is 17.6 Å². The minimum Gasteiger partial charge on any atom is -0.481 e. The first kappa shape index (κ1) is 19.1. The second-order valence-electron chi connectivity index (χ2n) is 6.54.